The van der Waals surface area contributed by atoms with Gasteiger partial charge in [-0.2, -0.15) is 18.3 Å². The molecule has 2 saturated heterocycles. The van der Waals surface area contributed by atoms with Gasteiger partial charge in [0.1, 0.15) is 18.5 Å². The highest BCUT2D eigenvalue weighted by atomic mass is 35.5. The van der Waals surface area contributed by atoms with Crippen molar-refractivity contribution < 1.29 is 32.5 Å². The van der Waals surface area contributed by atoms with E-state index in [9.17, 15) is 23.8 Å². The largest absolute Gasteiger partial charge is 0.435 e. The topological polar surface area (TPSA) is 140 Å². The van der Waals surface area contributed by atoms with Gasteiger partial charge in [0.05, 0.1) is 30.0 Å². The first-order chi connectivity index (χ1) is 17.3. The van der Waals surface area contributed by atoms with Crippen LogP contribution < -0.4 is 0 Å². The number of rotatable bonds is 4. The molecular weight excluding hydrogens is 507 g/mol. The van der Waals surface area contributed by atoms with E-state index in [2.05, 4.69) is 25.1 Å². The van der Waals surface area contributed by atoms with Crippen molar-refractivity contribution in [3.8, 4) is 5.69 Å². The van der Waals surface area contributed by atoms with E-state index in [0.29, 0.717) is 5.56 Å². The lowest BCUT2D eigenvalue weighted by atomic mass is 9.81. The lowest BCUT2D eigenvalue weighted by Gasteiger charge is -2.52. The summed E-state index contributed by atoms with van der Waals surface area (Å²) in [6.45, 7) is -0.351. The van der Waals surface area contributed by atoms with Crippen LogP contribution in [0.1, 0.15) is 23.4 Å². The minimum Gasteiger partial charge on any atom is -0.390 e. The van der Waals surface area contributed by atoms with E-state index < -0.39 is 47.7 Å². The number of azide groups is 1. The van der Waals surface area contributed by atoms with Crippen molar-refractivity contribution in [1.82, 2.24) is 19.7 Å². The number of ether oxygens (including phenoxy) is 3. The number of aromatic nitrogens is 4. The molecule has 2 aliphatic rings. The molecule has 2 aromatic heterocycles. The Bertz CT molecular complexity index is 1300. The van der Waals surface area contributed by atoms with Crippen molar-refractivity contribution in [3.05, 3.63) is 81.5 Å². The maximum absolute atomic E-state index is 13.9. The first-order valence-corrected chi connectivity index (χ1v) is 11.0. The highest BCUT2D eigenvalue weighted by Crippen LogP contribution is 2.48. The monoisotopic (exact) mass is 523 g/mol. The summed E-state index contributed by atoms with van der Waals surface area (Å²) in [4.78, 5) is 10.5. The number of nitrogens with zero attached hydrogens (tertiary/aromatic N) is 7. The molecule has 0 radical (unpaired) electrons. The zero-order valence-electron chi connectivity index (χ0n) is 18.2. The number of pyridine rings is 1. The van der Waals surface area contributed by atoms with Crippen LogP contribution in [0.5, 0.6) is 0 Å². The summed E-state index contributed by atoms with van der Waals surface area (Å²) in [6, 6.07) is 8.37. The first-order valence-electron chi connectivity index (χ1n) is 10.6. The van der Waals surface area contributed by atoms with Gasteiger partial charge in [-0.05, 0) is 11.6 Å². The second kappa shape index (κ2) is 9.32. The molecule has 15 heteroatoms. The molecule has 2 fully saturated rings. The highest BCUT2D eigenvalue weighted by Gasteiger charge is 2.61. The van der Waals surface area contributed by atoms with Crippen LogP contribution in [-0.2, 0) is 26.0 Å². The first kappa shape index (κ1) is 24.4. The van der Waals surface area contributed by atoms with Gasteiger partial charge in [0.25, 0.3) is 0 Å². The Morgan fingerprint density at radius 2 is 1.97 bits per heavy atom. The van der Waals surface area contributed by atoms with Crippen LogP contribution in [-0.4, -0.2) is 56.3 Å². The predicted octanol–water partition coefficient (Wildman–Crippen LogP) is 3.71. The summed E-state index contributed by atoms with van der Waals surface area (Å²) in [7, 11) is 0. The van der Waals surface area contributed by atoms with Gasteiger partial charge in [-0.3, -0.25) is 0 Å². The quantitative estimate of drug-likeness (QED) is 0.312. The molecule has 4 heterocycles. The summed E-state index contributed by atoms with van der Waals surface area (Å²) in [6.07, 6.45) is -6.46. The molecule has 1 unspecified atom stereocenters. The van der Waals surface area contributed by atoms with Gasteiger partial charge in [0.2, 0.25) is 0 Å². The third-order valence-electron chi connectivity index (χ3n) is 5.93. The predicted molar refractivity (Wildman–Crippen MR) is 116 cm³/mol. The molecule has 11 nitrogen and oxygen atoms in total. The van der Waals surface area contributed by atoms with Crippen molar-refractivity contribution in [2.75, 3.05) is 13.2 Å². The third-order valence-corrected chi connectivity index (χ3v) is 6.13. The number of alkyl halides is 3. The molecule has 0 amide bonds. The van der Waals surface area contributed by atoms with Crippen molar-refractivity contribution in [1.29, 1.82) is 0 Å². The molecule has 188 valence electrons. The van der Waals surface area contributed by atoms with E-state index >= 15 is 0 Å². The molecule has 36 heavy (non-hydrogen) atoms. The fourth-order valence-electron chi connectivity index (χ4n) is 4.42. The van der Waals surface area contributed by atoms with Crippen molar-refractivity contribution >= 4 is 11.6 Å². The number of hydrogen-bond acceptors (Lipinski definition) is 8. The second-order valence-electron chi connectivity index (χ2n) is 8.04. The average Bonchev–Trinajstić information content (AvgIpc) is 3.36. The number of halogens is 4. The van der Waals surface area contributed by atoms with Crippen LogP contribution in [0.15, 0.2) is 54.0 Å². The van der Waals surface area contributed by atoms with Crippen molar-refractivity contribution in [2.24, 2.45) is 5.11 Å². The van der Waals surface area contributed by atoms with E-state index in [0.717, 1.165) is 23.3 Å². The highest BCUT2D eigenvalue weighted by molar-refractivity contribution is 6.30. The van der Waals surface area contributed by atoms with Gasteiger partial charge >= 0.3 is 6.18 Å². The van der Waals surface area contributed by atoms with Gasteiger partial charge < -0.3 is 19.3 Å². The van der Waals surface area contributed by atoms with Crippen LogP contribution in [0.25, 0.3) is 16.1 Å². The van der Waals surface area contributed by atoms with E-state index in [1.54, 1.807) is 30.3 Å². The minimum absolute atomic E-state index is 0.0879. The van der Waals surface area contributed by atoms with E-state index in [1.807, 2.05) is 0 Å². The van der Waals surface area contributed by atoms with Crippen LogP contribution >= 0.6 is 11.6 Å². The van der Waals surface area contributed by atoms with E-state index in [4.69, 9.17) is 25.8 Å². The molecule has 0 saturated carbocycles. The van der Waals surface area contributed by atoms with Crippen LogP contribution in [0, 0.1) is 0 Å². The summed E-state index contributed by atoms with van der Waals surface area (Å²) < 4.78 is 60.4. The van der Waals surface area contributed by atoms with Crippen LogP contribution in [0.4, 0.5) is 13.2 Å². The molecule has 5 atom stereocenters. The lowest BCUT2D eigenvalue weighted by molar-refractivity contribution is -0.347. The number of aliphatic hydroxyl groups excluding tert-OH is 1. The molecule has 0 spiro atoms. The average molecular weight is 524 g/mol. The Balaban J connectivity index is 1.74. The van der Waals surface area contributed by atoms with Crippen molar-refractivity contribution in [3.63, 3.8) is 0 Å². The SMILES string of the molecule is [N-]=[N+]=N[C@@H]1[C@@H](O)CO[C@@H]2COC(c3ccccc3)O[C@@]12c1ncnn1-c1cc(Cl)cnc1C(F)(F)F. The zero-order valence-corrected chi connectivity index (χ0v) is 18.9. The van der Waals surface area contributed by atoms with Gasteiger partial charge in [0.15, 0.2) is 23.4 Å². The molecule has 0 bridgehead atoms. The number of aliphatic hydroxyl groups is 1. The Kier molecular flexibility index (Phi) is 6.32. The summed E-state index contributed by atoms with van der Waals surface area (Å²) in [5.41, 5.74) is 6.15. The van der Waals surface area contributed by atoms with E-state index in [1.165, 1.54) is 0 Å². The van der Waals surface area contributed by atoms with Gasteiger partial charge in [-0.1, -0.05) is 47.0 Å². The maximum atomic E-state index is 13.9. The summed E-state index contributed by atoms with van der Waals surface area (Å²) >= 11 is 5.99. The van der Waals surface area contributed by atoms with Gasteiger partial charge in [-0.15, -0.1) is 0 Å². The molecule has 1 N–H and O–H groups in total. The number of hydrogen-bond donors (Lipinski definition) is 1. The molecule has 2 aliphatic heterocycles. The molecule has 3 aromatic rings. The zero-order chi connectivity index (χ0) is 25.5. The van der Waals surface area contributed by atoms with Crippen LogP contribution in [0.3, 0.4) is 0 Å². The second-order valence-corrected chi connectivity index (χ2v) is 8.48. The molecule has 5 rings (SSSR count). The number of fused-ring (bicyclic) bond motifs is 1. The van der Waals surface area contributed by atoms with Gasteiger partial charge in [0, 0.05) is 16.7 Å². The summed E-state index contributed by atoms with van der Waals surface area (Å²) in [5.74, 6) is -0.220. The van der Waals surface area contributed by atoms with Crippen molar-refractivity contribution in [2.45, 2.75) is 36.3 Å². The Labute approximate surface area is 206 Å². The smallest absolute Gasteiger partial charge is 0.390 e. The molecule has 1 aromatic carbocycles. The molecule has 0 aliphatic carbocycles. The fourth-order valence-corrected chi connectivity index (χ4v) is 4.58. The lowest BCUT2D eigenvalue weighted by Crippen LogP contribution is -2.65. The maximum Gasteiger partial charge on any atom is 0.435 e. The normalized spacial score (nSPS) is 28.2. The Morgan fingerprint density at radius 3 is 2.69 bits per heavy atom. The minimum atomic E-state index is -4.86. The van der Waals surface area contributed by atoms with Gasteiger partial charge in [-0.25, -0.2) is 14.6 Å². The molecular formula is C21H17ClF3N7O4. The number of benzene rings is 1. The third kappa shape index (κ3) is 4.07. The Hall–Kier alpha value is -3.26. The fraction of sp³-hybridized carbons (Fsp3) is 0.381. The van der Waals surface area contributed by atoms with E-state index in [-0.39, 0.29) is 24.1 Å². The standard InChI is InChI=1S/C21H17ClF3N7O4/c22-12-6-13(16(27-7-12)21(23,24)25)32-19(28-10-29-32)20-15(34-8-14(33)17(20)30-31-26)9-35-18(36-20)11-4-2-1-3-5-11/h1-7,10,14-15,17-18,33H,8-9H2/t14-,15+,17+,18?,20+/m0/s1. The van der Waals surface area contributed by atoms with Crippen LogP contribution in [0.2, 0.25) is 5.02 Å². The Morgan fingerprint density at radius 1 is 1.19 bits per heavy atom. The summed E-state index contributed by atoms with van der Waals surface area (Å²) in [5, 5.41) is 18.4.